The van der Waals surface area contributed by atoms with Crippen LogP contribution in [-0.4, -0.2) is 30.0 Å². The first-order valence-electron chi connectivity index (χ1n) is 4.69. The lowest BCUT2D eigenvalue weighted by atomic mass is 9.99. The fraction of sp³-hybridized carbons (Fsp3) is 0.778. The number of hydrogen-bond acceptors (Lipinski definition) is 5. The van der Waals surface area contributed by atoms with Gasteiger partial charge in [-0.2, -0.15) is 10.4 Å². The molecule has 1 atom stereocenters. The van der Waals surface area contributed by atoms with Crippen LogP contribution in [0.15, 0.2) is 10.2 Å². The van der Waals surface area contributed by atoms with E-state index in [1.807, 2.05) is 6.07 Å². The van der Waals surface area contributed by atoms with Crippen LogP contribution < -0.4 is 0 Å². The van der Waals surface area contributed by atoms with Crippen molar-refractivity contribution in [1.82, 2.24) is 0 Å². The first-order valence-corrected chi connectivity index (χ1v) is 4.69. The standard InChI is InChI=1S/C9H15N3O3/c1-3-15-8(14)11-12-9(2,7-10)5-4-6-13/h13H,3-6H2,1-2H3. The summed E-state index contributed by atoms with van der Waals surface area (Å²) in [5, 5.41) is 24.3. The van der Waals surface area contributed by atoms with Crippen LogP contribution in [0.2, 0.25) is 0 Å². The van der Waals surface area contributed by atoms with Crippen LogP contribution in [0.1, 0.15) is 26.7 Å². The SMILES string of the molecule is CCOC(=O)N=NC(C)(C#N)CCCO. The molecule has 0 bridgehead atoms. The Labute approximate surface area is 88.6 Å². The van der Waals surface area contributed by atoms with Crippen molar-refractivity contribution in [2.24, 2.45) is 10.2 Å². The molecule has 6 nitrogen and oxygen atoms in total. The monoisotopic (exact) mass is 213 g/mol. The van der Waals surface area contributed by atoms with Gasteiger partial charge in [0, 0.05) is 6.61 Å². The highest BCUT2D eigenvalue weighted by molar-refractivity contribution is 5.67. The predicted octanol–water partition coefficient (Wildman–Crippen LogP) is 1.65. The zero-order chi connectivity index (χ0) is 11.7. The molecule has 0 saturated carbocycles. The van der Waals surface area contributed by atoms with E-state index in [1.54, 1.807) is 13.8 Å². The van der Waals surface area contributed by atoms with Crippen LogP contribution in [0.4, 0.5) is 4.79 Å². The van der Waals surface area contributed by atoms with Crippen molar-refractivity contribution in [2.75, 3.05) is 13.2 Å². The normalized spacial score (nSPS) is 14.5. The topological polar surface area (TPSA) is 95.0 Å². The number of rotatable bonds is 5. The molecule has 1 unspecified atom stereocenters. The third-order valence-corrected chi connectivity index (χ3v) is 1.68. The molecule has 0 saturated heterocycles. The van der Waals surface area contributed by atoms with Crippen LogP contribution in [0, 0.1) is 11.3 Å². The summed E-state index contributed by atoms with van der Waals surface area (Å²) in [6, 6.07) is 1.93. The fourth-order valence-electron chi connectivity index (χ4n) is 0.855. The van der Waals surface area contributed by atoms with Gasteiger partial charge < -0.3 is 9.84 Å². The number of ether oxygens (including phenoxy) is 1. The zero-order valence-corrected chi connectivity index (χ0v) is 8.93. The second-order valence-corrected chi connectivity index (χ2v) is 3.11. The minimum absolute atomic E-state index is 0.0216. The molecule has 84 valence electrons. The van der Waals surface area contributed by atoms with Crippen LogP contribution >= 0.6 is 0 Å². The van der Waals surface area contributed by atoms with Gasteiger partial charge in [-0.15, -0.1) is 0 Å². The van der Waals surface area contributed by atoms with Gasteiger partial charge in [0.1, 0.15) is 0 Å². The molecular weight excluding hydrogens is 198 g/mol. The van der Waals surface area contributed by atoms with Crippen LogP contribution in [0.3, 0.4) is 0 Å². The fourth-order valence-corrected chi connectivity index (χ4v) is 0.855. The van der Waals surface area contributed by atoms with Gasteiger partial charge in [-0.25, -0.2) is 4.79 Å². The minimum Gasteiger partial charge on any atom is -0.447 e. The summed E-state index contributed by atoms with van der Waals surface area (Å²) < 4.78 is 4.53. The van der Waals surface area contributed by atoms with E-state index in [-0.39, 0.29) is 13.2 Å². The molecule has 1 N–H and O–H groups in total. The van der Waals surface area contributed by atoms with Gasteiger partial charge >= 0.3 is 6.09 Å². The number of amides is 1. The smallest absolute Gasteiger partial charge is 0.447 e. The zero-order valence-electron chi connectivity index (χ0n) is 8.93. The van der Waals surface area contributed by atoms with Crippen molar-refractivity contribution in [3.63, 3.8) is 0 Å². The van der Waals surface area contributed by atoms with Crippen molar-refractivity contribution in [2.45, 2.75) is 32.2 Å². The van der Waals surface area contributed by atoms with Crippen molar-refractivity contribution in [3.8, 4) is 6.07 Å². The summed E-state index contributed by atoms with van der Waals surface area (Å²) in [4.78, 5) is 10.8. The number of aliphatic hydroxyl groups excluding tert-OH is 1. The number of azo groups is 1. The van der Waals surface area contributed by atoms with Gasteiger partial charge in [-0.3, -0.25) is 0 Å². The number of carbonyl (C=O) groups is 1. The molecule has 0 aliphatic rings. The second kappa shape index (κ2) is 6.90. The third-order valence-electron chi connectivity index (χ3n) is 1.68. The van der Waals surface area contributed by atoms with E-state index in [2.05, 4.69) is 15.0 Å². The van der Waals surface area contributed by atoms with Gasteiger partial charge in [0.25, 0.3) is 0 Å². The summed E-state index contributed by atoms with van der Waals surface area (Å²) in [5.74, 6) is 0. The second-order valence-electron chi connectivity index (χ2n) is 3.11. The van der Waals surface area contributed by atoms with Gasteiger partial charge in [0.2, 0.25) is 0 Å². The molecule has 0 aliphatic heterocycles. The van der Waals surface area contributed by atoms with Crippen LogP contribution in [0.25, 0.3) is 0 Å². The van der Waals surface area contributed by atoms with Gasteiger partial charge in [0.05, 0.1) is 12.7 Å². The number of aliphatic hydroxyl groups is 1. The van der Waals surface area contributed by atoms with Crippen molar-refractivity contribution in [1.29, 1.82) is 5.26 Å². The Morgan fingerprint density at radius 3 is 2.80 bits per heavy atom. The summed E-state index contributed by atoms with van der Waals surface area (Å²) >= 11 is 0. The maximum absolute atomic E-state index is 10.8. The maximum atomic E-state index is 10.8. The molecule has 6 heteroatoms. The first kappa shape index (κ1) is 13.5. The molecule has 0 rings (SSSR count). The minimum atomic E-state index is -1.07. The van der Waals surface area contributed by atoms with E-state index in [0.29, 0.717) is 12.8 Å². The molecular formula is C9H15N3O3. The molecule has 1 amide bonds. The summed E-state index contributed by atoms with van der Waals surface area (Å²) in [5.41, 5.74) is -1.07. The molecule has 0 aromatic rings. The molecule has 0 spiro atoms. The Kier molecular flexibility index (Phi) is 6.22. The van der Waals surface area contributed by atoms with Crippen molar-refractivity contribution >= 4 is 6.09 Å². The highest BCUT2D eigenvalue weighted by Gasteiger charge is 2.23. The van der Waals surface area contributed by atoms with Crippen molar-refractivity contribution < 1.29 is 14.6 Å². The van der Waals surface area contributed by atoms with E-state index in [1.165, 1.54) is 0 Å². The molecule has 0 fully saturated rings. The third kappa shape index (κ3) is 5.75. The number of carbonyl (C=O) groups excluding carboxylic acids is 1. The van der Waals surface area contributed by atoms with E-state index in [4.69, 9.17) is 10.4 Å². The summed E-state index contributed by atoms with van der Waals surface area (Å²) in [6.07, 6.45) is -0.0163. The largest absolute Gasteiger partial charge is 0.452 e. The predicted molar refractivity (Wildman–Crippen MR) is 52.2 cm³/mol. The first-order chi connectivity index (χ1) is 7.08. The van der Waals surface area contributed by atoms with Crippen LogP contribution in [-0.2, 0) is 4.74 Å². The Morgan fingerprint density at radius 1 is 1.67 bits per heavy atom. The highest BCUT2D eigenvalue weighted by atomic mass is 16.5. The molecule has 0 aliphatic carbocycles. The Morgan fingerprint density at radius 2 is 2.33 bits per heavy atom. The van der Waals surface area contributed by atoms with E-state index >= 15 is 0 Å². The van der Waals surface area contributed by atoms with E-state index in [9.17, 15) is 4.79 Å². The average molecular weight is 213 g/mol. The summed E-state index contributed by atoms with van der Waals surface area (Å²) in [6.45, 7) is 3.40. The van der Waals surface area contributed by atoms with E-state index in [0.717, 1.165) is 0 Å². The van der Waals surface area contributed by atoms with Crippen LogP contribution in [0.5, 0.6) is 0 Å². The Hall–Kier alpha value is -1.48. The molecule has 0 radical (unpaired) electrons. The molecule has 0 aromatic carbocycles. The van der Waals surface area contributed by atoms with Crippen molar-refractivity contribution in [3.05, 3.63) is 0 Å². The Balaban J connectivity index is 4.30. The lowest BCUT2D eigenvalue weighted by Crippen LogP contribution is -2.19. The van der Waals surface area contributed by atoms with Gasteiger partial charge in [-0.05, 0) is 26.7 Å². The average Bonchev–Trinajstić information content (AvgIpc) is 2.24. The number of hydrogen-bond donors (Lipinski definition) is 1. The quantitative estimate of drug-likeness (QED) is 0.702. The van der Waals surface area contributed by atoms with Gasteiger partial charge in [0.15, 0.2) is 5.54 Å². The molecule has 0 aromatic heterocycles. The molecule has 15 heavy (non-hydrogen) atoms. The summed E-state index contributed by atoms with van der Waals surface area (Å²) in [7, 11) is 0. The maximum Gasteiger partial charge on any atom is 0.452 e. The number of nitrogens with zero attached hydrogens (tertiary/aromatic N) is 3. The lowest BCUT2D eigenvalue weighted by molar-refractivity contribution is 0.160. The lowest BCUT2D eigenvalue weighted by Gasteiger charge is -2.12. The molecule has 0 heterocycles. The Bertz CT molecular complexity index is 272. The number of nitriles is 1. The van der Waals surface area contributed by atoms with Gasteiger partial charge in [-0.1, -0.05) is 5.11 Å². The van der Waals surface area contributed by atoms with E-state index < -0.39 is 11.6 Å². The highest BCUT2D eigenvalue weighted by Crippen LogP contribution is 2.16.